The summed E-state index contributed by atoms with van der Waals surface area (Å²) in [6.45, 7) is 8.85. The number of carbonyl (C=O) groups excluding carboxylic acids is 2. The van der Waals surface area contributed by atoms with Crippen LogP contribution in [0.4, 0.5) is 0 Å². The normalized spacial score (nSPS) is 26.0. The summed E-state index contributed by atoms with van der Waals surface area (Å²) in [4.78, 5) is 31.8. The van der Waals surface area contributed by atoms with Gasteiger partial charge in [0.1, 0.15) is 0 Å². The van der Waals surface area contributed by atoms with Crippen LogP contribution in [0.2, 0.25) is 0 Å². The zero-order valence-electron chi connectivity index (χ0n) is 17.4. The van der Waals surface area contributed by atoms with Crippen molar-refractivity contribution < 1.29 is 14.1 Å². The largest absolute Gasteiger partial charge is 0.349 e. The molecule has 1 saturated carbocycles. The lowest BCUT2D eigenvalue weighted by atomic mass is 9.80. The molecule has 29 heavy (non-hydrogen) atoms. The lowest BCUT2D eigenvalue weighted by molar-refractivity contribution is -0.133. The topological polar surface area (TPSA) is 88.3 Å². The summed E-state index contributed by atoms with van der Waals surface area (Å²) in [5.74, 6) is 1.40. The van der Waals surface area contributed by atoms with E-state index >= 15 is 0 Å². The summed E-state index contributed by atoms with van der Waals surface area (Å²) >= 11 is 0. The molecule has 1 saturated heterocycles. The smallest absolute Gasteiger partial charge is 0.251 e. The maximum atomic E-state index is 12.8. The van der Waals surface area contributed by atoms with Gasteiger partial charge >= 0.3 is 0 Å². The SMILES string of the molecule is Cc1cccc(C(=O)N[C@@H]2CC3CN(C(=O)C(C)C)C[C@@]3(c3nc(C)no3)C2)c1. The average molecular weight is 396 g/mol. The zero-order valence-corrected chi connectivity index (χ0v) is 17.4. The number of rotatable bonds is 4. The molecule has 1 N–H and O–H groups in total. The van der Waals surface area contributed by atoms with Gasteiger partial charge in [-0.1, -0.05) is 36.7 Å². The van der Waals surface area contributed by atoms with Crippen molar-refractivity contribution in [2.45, 2.75) is 52.0 Å². The van der Waals surface area contributed by atoms with Gasteiger partial charge in [0, 0.05) is 30.6 Å². The summed E-state index contributed by atoms with van der Waals surface area (Å²) in [7, 11) is 0. The monoisotopic (exact) mass is 396 g/mol. The van der Waals surface area contributed by atoms with Crippen LogP contribution in [-0.4, -0.2) is 46.0 Å². The van der Waals surface area contributed by atoms with Crippen molar-refractivity contribution in [1.82, 2.24) is 20.4 Å². The molecular formula is C22H28N4O3. The van der Waals surface area contributed by atoms with Crippen molar-refractivity contribution in [2.24, 2.45) is 11.8 Å². The van der Waals surface area contributed by atoms with Crippen LogP contribution in [0.15, 0.2) is 28.8 Å². The molecule has 154 valence electrons. The van der Waals surface area contributed by atoms with Crippen molar-refractivity contribution in [3.05, 3.63) is 47.1 Å². The summed E-state index contributed by atoms with van der Waals surface area (Å²) in [6.07, 6.45) is 1.49. The number of hydrogen-bond donors (Lipinski definition) is 1. The Balaban J connectivity index is 1.56. The summed E-state index contributed by atoms with van der Waals surface area (Å²) in [6, 6.07) is 7.61. The van der Waals surface area contributed by atoms with Gasteiger partial charge in [-0.3, -0.25) is 9.59 Å². The molecule has 2 aliphatic rings. The van der Waals surface area contributed by atoms with Crippen LogP contribution >= 0.6 is 0 Å². The molecule has 7 heteroatoms. The fourth-order valence-corrected chi connectivity index (χ4v) is 4.90. The maximum Gasteiger partial charge on any atom is 0.251 e. The second kappa shape index (κ2) is 7.28. The molecule has 0 radical (unpaired) electrons. The van der Waals surface area contributed by atoms with Crippen molar-refractivity contribution in [3.8, 4) is 0 Å². The van der Waals surface area contributed by atoms with E-state index < -0.39 is 5.41 Å². The third-order valence-corrected chi connectivity index (χ3v) is 6.25. The van der Waals surface area contributed by atoms with Crippen molar-refractivity contribution >= 4 is 11.8 Å². The van der Waals surface area contributed by atoms with Gasteiger partial charge in [0.2, 0.25) is 11.8 Å². The highest BCUT2D eigenvalue weighted by molar-refractivity contribution is 5.94. The minimum atomic E-state index is -0.392. The van der Waals surface area contributed by atoms with Crippen molar-refractivity contribution in [3.63, 3.8) is 0 Å². The van der Waals surface area contributed by atoms with Crippen LogP contribution < -0.4 is 5.32 Å². The Morgan fingerprint density at radius 2 is 2.10 bits per heavy atom. The van der Waals surface area contributed by atoms with E-state index in [4.69, 9.17) is 4.52 Å². The first-order valence-corrected chi connectivity index (χ1v) is 10.3. The maximum absolute atomic E-state index is 12.8. The highest BCUT2D eigenvalue weighted by Crippen LogP contribution is 2.50. The van der Waals surface area contributed by atoms with Gasteiger partial charge < -0.3 is 14.7 Å². The predicted octanol–water partition coefficient (Wildman–Crippen LogP) is 2.63. The number of nitrogens with zero attached hydrogens (tertiary/aromatic N) is 3. The lowest BCUT2D eigenvalue weighted by Gasteiger charge is -2.26. The van der Waals surface area contributed by atoms with Crippen molar-refractivity contribution in [1.29, 1.82) is 0 Å². The third kappa shape index (κ3) is 3.54. The Labute approximate surface area is 170 Å². The number of amides is 2. The van der Waals surface area contributed by atoms with E-state index in [0.717, 1.165) is 12.0 Å². The first kappa shape index (κ1) is 19.6. The van der Waals surface area contributed by atoms with Crippen LogP contribution in [0.25, 0.3) is 0 Å². The molecule has 1 aliphatic heterocycles. The molecule has 4 rings (SSSR count). The van der Waals surface area contributed by atoms with E-state index in [1.54, 1.807) is 6.92 Å². The van der Waals surface area contributed by atoms with Crippen LogP contribution in [0, 0.1) is 25.7 Å². The Hall–Kier alpha value is -2.70. The Morgan fingerprint density at radius 3 is 2.76 bits per heavy atom. The highest BCUT2D eigenvalue weighted by atomic mass is 16.5. The first-order valence-electron chi connectivity index (χ1n) is 10.3. The second-order valence-electron chi connectivity index (χ2n) is 8.85. The van der Waals surface area contributed by atoms with Gasteiger partial charge in [0.15, 0.2) is 5.82 Å². The van der Waals surface area contributed by atoms with Crippen LogP contribution in [-0.2, 0) is 10.2 Å². The molecule has 3 atom stereocenters. The molecule has 2 aromatic rings. The van der Waals surface area contributed by atoms with Gasteiger partial charge in [-0.25, -0.2) is 0 Å². The Bertz CT molecular complexity index is 938. The van der Waals surface area contributed by atoms with Crippen LogP contribution in [0.3, 0.4) is 0 Å². The van der Waals surface area contributed by atoms with E-state index in [1.807, 2.05) is 49.9 Å². The number of hydrogen-bond acceptors (Lipinski definition) is 5. The molecule has 2 heterocycles. The molecule has 1 aliphatic carbocycles. The number of aryl methyl sites for hydroxylation is 2. The highest BCUT2D eigenvalue weighted by Gasteiger charge is 2.58. The lowest BCUT2D eigenvalue weighted by Crippen LogP contribution is -2.40. The van der Waals surface area contributed by atoms with Gasteiger partial charge in [-0.15, -0.1) is 0 Å². The van der Waals surface area contributed by atoms with E-state index in [0.29, 0.717) is 36.8 Å². The van der Waals surface area contributed by atoms with E-state index in [9.17, 15) is 9.59 Å². The second-order valence-corrected chi connectivity index (χ2v) is 8.85. The number of carbonyl (C=O) groups is 2. The van der Waals surface area contributed by atoms with Gasteiger partial charge in [-0.2, -0.15) is 4.98 Å². The number of benzene rings is 1. The van der Waals surface area contributed by atoms with Gasteiger partial charge in [-0.05, 0) is 44.7 Å². The molecule has 1 aromatic heterocycles. The molecule has 0 spiro atoms. The third-order valence-electron chi connectivity index (χ3n) is 6.25. The predicted molar refractivity (Wildman–Crippen MR) is 107 cm³/mol. The van der Waals surface area contributed by atoms with E-state index in [2.05, 4.69) is 15.5 Å². The first-order chi connectivity index (χ1) is 13.8. The minimum absolute atomic E-state index is 0.0107. The Kier molecular flexibility index (Phi) is 4.92. The molecule has 2 fully saturated rings. The number of fused-ring (bicyclic) bond motifs is 1. The zero-order chi connectivity index (χ0) is 20.8. The van der Waals surface area contributed by atoms with Gasteiger partial charge in [0.05, 0.1) is 5.41 Å². The minimum Gasteiger partial charge on any atom is -0.349 e. The number of nitrogens with one attached hydrogen (secondary N) is 1. The van der Waals surface area contributed by atoms with Crippen LogP contribution in [0.5, 0.6) is 0 Å². The van der Waals surface area contributed by atoms with Gasteiger partial charge in [0.25, 0.3) is 5.91 Å². The summed E-state index contributed by atoms with van der Waals surface area (Å²) < 4.78 is 5.58. The fraction of sp³-hybridized carbons (Fsp3) is 0.545. The molecular weight excluding hydrogens is 368 g/mol. The molecule has 2 amide bonds. The fourth-order valence-electron chi connectivity index (χ4n) is 4.90. The molecule has 1 unspecified atom stereocenters. The summed E-state index contributed by atoms with van der Waals surface area (Å²) in [5.41, 5.74) is 1.33. The van der Waals surface area contributed by atoms with E-state index in [-0.39, 0.29) is 29.7 Å². The average Bonchev–Trinajstić information content (AvgIpc) is 3.33. The number of aromatic nitrogens is 2. The number of likely N-dealkylation sites (tertiary alicyclic amines) is 1. The molecule has 7 nitrogen and oxygen atoms in total. The quantitative estimate of drug-likeness (QED) is 0.858. The standard InChI is InChI=1S/C22H28N4O3/c1-13(2)20(28)26-11-17-9-18(24-19(27)16-7-5-6-14(3)8-16)10-22(17,12-26)21-23-15(4)25-29-21/h5-8,13,17-18H,9-12H2,1-4H3,(H,24,27)/t17?,18-,22+/m1/s1. The molecule has 0 bridgehead atoms. The van der Waals surface area contributed by atoms with E-state index in [1.165, 1.54) is 0 Å². The van der Waals surface area contributed by atoms with Crippen molar-refractivity contribution in [2.75, 3.05) is 13.1 Å². The Morgan fingerprint density at radius 1 is 1.31 bits per heavy atom. The summed E-state index contributed by atoms with van der Waals surface area (Å²) in [5, 5.41) is 7.17. The van der Waals surface area contributed by atoms with Crippen LogP contribution in [0.1, 0.15) is 54.3 Å². The molecule has 1 aromatic carbocycles.